The first-order chi connectivity index (χ1) is 18.8. The highest BCUT2D eigenvalue weighted by Crippen LogP contribution is 2.14. The van der Waals surface area contributed by atoms with Gasteiger partial charge in [0.1, 0.15) is 0 Å². The van der Waals surface area contributed by atoms with Crippen molar-refractivity contribution in [2.75, 3.05) is 6.61 Å². The van der Waals surface area contributed by atoms with E-state index in [-0.39, 0.29) is 5.97 Å². The molecule has 0 aliphatic carbocycles. The van der Waals surface area contributed by atoms with Gasteiger partial charge in [-0.05, 0) is 38.5 Å². The zero-order valence-corrected chi connectivity index (χ0v) is 26.4. The van der Waals surface area contributed by atoms with Crippen LogP contribution in [0.5, 0.6) is 0 Å². The van der Waals surface area contributed by atoms with E-state index in [4.69, 9.17) is 4.74 Å². The number of hydrogen-bond acceptors (Lipinski definition) is 2. The van der Waals surface area contributed by atoms with E-state index < -0.39 is 0 Å². The molecule has 2 nitrogen and oxygen atoms in total. The summed E-state index contributed by atoms with van der Waals surface area (Å²) in [5.41, 5.74) is 0. The maximum absolute atomic E-state index is 11.9. The van der Waals surface area contributed by atoms with Crippen molar-refractivity contribution in [2.24, 2.45) is 0 Å². The van der Waals surface area contributed by atoms with Crippen LogP contribution in [0.3, 0.4) is 0 Å². The quantitative estimate of drug-likeness (QED) is 0.0487. The molecule has 0 atom stereocenters. The second kappa shape index (κ2) is 34.2. The summed E-state index contributed by atoms with van der Waals surface area (Å²) in [5, 5.41) is 0. The zero-order chi connectivity index (χ0) is 27.6. The fourth-order valence-electron chi connectivity index (χ4n) is 5.25. The van der Waals surface area contributed by atoms with E-state index in [0.717, 1.165) is 12.8 Å². The molecule has 0 aliphatic heterocycles. The molecule has 38 heavy (non-hydrogen) atoms. The Morgan fingerprint density at radius 1 is 0.421 bits per heavy atom. The molecule has 0 aromatic heterocycles. The molecule has 0 aromatic rings. The van der Waals surface area contributed by atoms with Crippen molar-refractivity contribution >= 4 is 5.97 Å². The van der Waals surface area contributed by atoms with Crippen LogP contribution in [0, 0.1) is 0 Å². The highest BCUT2D eigenvalue weighted by atomic mass is 16.5. The van der Waals surface area contributed by atoms with Crippen LogP contribution in [-0.2, 0) is 9.53 Å². The number of allylic oxidation sites excluding steroid dienone is 2. The molecule has 2 heteroatoms. The van der Waals surface area contributed by atoms with Crippen molar-refractivity contribution in [3.05, 3.63) is 12.2 Å². The van der Waals surface area contributed by atoms with Gasteiger partial charge in [0.25, 0.3) is 0 Å². The molecule has 0 unspecified atom stereocenters. The van der Waals surface area contributed by atoms with Crippen LogP contribution < -0.4 is 0 Å². The lowest BCUT2D eigenvalue weighted by molar-refractivity contribution is -0.143. The van der Waals surface area contributed by atoms with E-state index in [1.807, 2.05) is 0 Å². The Labute approximate surface area is 240 Å². The Hall–Kier alpha value is -0.790. The molecular weight excluding hydrogens is 464 g/mol. The van der Waals surface area contributed by atoms with E-state index in [1.54, 1.807) is 0 Å². The van der Waals surface area contributed by atoms with Crippen LogP contribution in [0.1, 0.15) is 206 Å². The van der Waals surface area contributed by atoms with E-state index in [9.17, 15) is 4.79 Å². The Morgan fingerprint density at radius 3 is 1.13 bits per heavy atom. The topological polar surface area (TPSA) is 26.3 Å². The largest absolute Gasteiger partial charge is 0.466 e. The summed E-state index contributed by atoms with van der Waals surface area (Å²) < 4.78 is 5.43. The lowest BCUT2D eigenvalue weighted by Gasteiger charge is -2.06. The van der Waals surface area contributed by atoms with Gasteiger partial charge in [-0.25, -0.2) is 0 Å². The van der Waals surface area contributed by atoms with Gasteiger partial charge in [-0.2, -0.15) is 0 Å². The second-order valence-corrected chi connectivity index (χ2v) is 11.9. The average molecular weight is 535 g/mol. The molecule has 0 aliphatic rings. The number of carbonyl (C=O) groups is 1. The number of esters is 1. The Kier molecular flexibility index (Phi) is 33.5. The molecule has 0 saturated heterocycles. The molecule has 0 saturated carbocycles. The highest BCUT2D eigenvalue weighted by Gasteiger charge is 2.02. The van der Waals surface area contributed by atoms with E-state index >= 15 is 0 Å². The second-order valence-electron chi connectivity index (χ2n) is 11.9. The number of ether oxygens (including phenoxy) is 1. The third-order valence-corrected chi connectivity index (χ3v) is 7.90. The van der Waals surface area contributed by atoms with E-state index in [2.05, 4.69) is 26.0 Å². The summed E-state index contributed by atoms with van der Waals surface area (Å²) in [5.74, 6) is 0.0223. The van der Waals surface area contributed by atoms with Crippen LogP contribution in [0.25, 0.3) is 0 Å². The fourth-order valence-corrected chi connectivity index (χ4v) is 5.25. The fraction of sp³-hybridized carbons (Fsp3) is 0.917. The summed E-state index contributed by atoms with van der Waals surface area (Å²) in [7, 11) is 0. The van der Waals surface area contributed by atoms with Crippen molar-refractivity contribution in [1.29, 1.82) is 0 Å². The maximum Gasteiger partial charge on any atom is 0.305 e. The third kappa shape index (κ3) is 33.2. The normalized spacial score (nSPS) is 11.5. The molecular formula is C36H70O2. The number of rotatable bonds is 32. The van der Waals surface area contributed by atoms with Crippen molar-refractivity contribution in [1.82, 2.24) is 0 Å². The standard InChI is InChI=1S/C36H70O2/c1-3-5-7-9-11-13-15-17-18-19-20-21-23-25-27-29-31-33-35-38-36(37)34-32-30-28-26-24-22-16-14-12-10-8-6-4-2/h17-18H,3-16,19-35H2,1-2H3/b18-17-. The summed E-state index contributed by atoms with van der Waals surface area (Å²) >= 11 is 0. The smallest absolute Gasteiger partial charge is 0.305 e. The molecule has 0 spiro atoms. The average Bonchev–Trinajstić information content (AvgIpc) is 2.92. The molecule has 0 radical (unpaired) electrons. The van der Waals surface area contributed by atoms with Crippen LogP contribution in [0.4, 0.5) is 0 Å². The first kappa shape index (κ1) is 37.2. The Morgan fingerprint density at radius 2 is 0.737 bits per heavy atom. The van der Waals surface area contributed by atoms with Crippen LogP contribution in [-0.4, -0.2) is 12.6 Å². The highest BCUT2D eigenvalue weighted by molar-refractivity contribution is 5.69. The zero-order valence-electron chi connectivity index (χ0n) is 26.4. The predicted octanol–water partition coefficient (Wildman–Crippen LogP) is 12.8. The minimum Gasteiger partial charge on any atom is -0.466 e. The van der Waals surface area contributed by atoms with Gasteiger partial charge in [-0.1, -0.05) is 174 Å². The molecule has 0 N–H and O–H groups in total. The third-order valence-electron chi connectivity index (χ3n) is 7.90. The van der Waals surface area contributed by atoms with Crippen LogP contribution in [0.15, 0.2) is 12.2 Å². The van der Waals surface area contributed by atoms with E-state index in [0.29, 0.717) is 13.0 Å². The summed E-state index contributed by atoms with van der Waals surface area (Å²) in [4.78, 5) is 11.9. The number of unbranched alkanes of at least 4 members (excludes halogenated alkanes) is 26. The van der Waals surface area contributed by atoms with Crippen LogP contribution >= 0.6 is 0 Å². The minimum atomic E-state index is 0.0223. The van der Waals surface area contributed by atoms with Crippen molar-refractivity contribution in [2.45, 2.75) is 206 Å². The molecule has 0 aromatic carbocycles. The first-order valence-corrected chi connectivity index (χ1v) is 17.6. The summed E-state index contributed by atoms with van der Waals surface area (Å²) in [6.45, 7) is 5.19. The van der Waals surface area contributed by atoms with Gasteiger partial charge < -0.3 is 4.74 Å². The Balaban J connectivity index is 3.18. The molecule has 0 rings (SSSR count). The molecule has 0 heterocycles. The van der Waals surface area contributed by atoms with Crippen molar-refractivity contribution in [3.8, 4) is 0 Å². The monoisotopic (exact) mass is 535 g/mol. The SMILES string of the molecule is CCCCCCCC/C=C\CCCCCCCCCCOC(=O)CCCCCCCCCCCCCCC. The van der Waals surface area contributed by atoms with Gasteiger partial charge in [0.2, 0.25) is 0 Å². The lowest BCUT2D eigenvalue weighted by atomic mass is 10.0. The van der Waals surface area contributed by atoms with Gasteiger partial charge in [0.15, 0.2) is 0 Å². The first-order valence-electron chi connectivity index (χ1n) is 17.6. The number of hydrogen-bond donors (Lipinski definition) is 0. The van der Waals surface area contributed by atoms with Gasteiger partial charge >= 0.3 is 5.97 Å². The van der Waals surface area contributed by atoms with Gasteiger partial charge in [-0.15, -0.1) is 0 Å². The van der Waals surface area contributed by atoms with Crippen LogP contribution in [0.2, 0.25) is 0 Å². The molecule has 226 valence electrons. The molecule has 0 fully saturated rings. The van der Waals surface area contributed by atoms with Gasteiger partial charge in [0, 0.05) is 6.42 Å². The van der Waals surface area contributed by atoms with Gasteiger partial charge in [0.05, 0.1) is 6.61 Å². The molecule has 0 amide bonds. The van der Waals surface area contributed by atoms with Crippen molar-refractivity contribution in [3.63, 3.8) is 0 Å². The summed E-state index contributed by atoms with van der Waals surface area (Å²) in [6, 6.07) is 0. The summed E-state index contributed by atoms with van der Waals surface area (Å²) in [6.07, 6.45) is 44.1. The lowest BCUT2D eigenvalue weighted by Crippen LogP contribution is -2.05. The Bertz CT molecular complexity index is 470. The number of carbonyl (C=O) groups excluding carboxylic acids is 1. The molecule has 0 bridgehead atoms. The van der Waals surface area contributed by atoms with Crippen molar-refractivity contribution < 1.29 is 9.53 Å². The van der Waals surface area contributed by atoms with E-state index in [1.165, 1.54) is 173 Å². The predicted molar refractivity (Wildman–Crippen MR) is 170 cm³/mol. The minimum absolute atomic E-state index is 0.0223. The van der Waals surface area contributed by atoms with Gasteiger partial charge in [-0.3, -0.25) is 4.79 Å². The maximum atomic E-state index is 11.9.